The number of anilines is 1. The van der Waals surface area contributed by atoms with Crippen LogP contribution in [0.4, 0.5) is 5.13 Å². The van der Waals surface area contributed by atoms with Crippen LogP contribution in [0.2, 0.25) is 0 Å². The highest BCUT2D eigenvalue weighted by Crippen LogP contribution is 2.32. The molecule has 1 amide bonds. The Kier molecular flexibility index (Phi) is 5.62. The van der Waals surface area contributed by atoms with E-state index in [9.17, 15) is 4.79 Å². The van der Waals surface area contributed by atoms with Crippen molar-refractivity contribution in [3.8, 4) is 0 Å². The number of rotatable bonds is 6. The summed E-state index contributed by atoms with van der Waals surface area (Å²) in [7, 11) is 0. The third kappa shape index (κ3) is 3.80. The monoisotopic (exact) mass is 452 g/mol. The van der Waals surface area contributed by atoms with Crippen LogP contribution < -0.4 is 5.32 Å². The predicted octanol–water partition coefficient (Wildman–Crippen LogP) is 4.84. The number of aryl methyl sites for hydroxylation is 3. The Balaban J connectivity index is 1.38. The molecule has 1 aliphatic carbocycles. The van der Waals surface area contributed by atoms with Crippen molar-refractivity contribution in [3.63, 3.8) is 0 Å². The van der Waals surface area contributed by atoms with Crippen molar-refractivity contribution in [2.45, 2.75) is 62.9 Å². The zero-order valence-corrected chi connectivity index (χ0v) is 19.2. The maximum atomic E-state index is 12.9. The Hall–Kier alpha value is -2.52. The van der Waals surface area contributed by atoms with Crippen LogP contribution in [0.5, 0.6) is 0 Å². The average molecular weight is 453 g/mol. The molecule has 0 saturated carbocycles. The molecule has 0 saturated heterocycles. The van der Waals surface area contributed by atoms with Gasteiger partial charge in [0.2, 0.25) is 11.1 Å². The fourth-order valence-corrected chi connectivity index (χ4v) is 5.97. The van der Waals surface area contributed by atoms with E-state index >= 15 is 0 Å². The van der Waals surface area contributed by atoms with Crippen molar-refractivity contribution in [1.29, 1.82) is 0 Å². The Labute approximate surface area is 188 Å². The highest BCUT2D eigenvalue weighted by Gasteiger charge is 2.23. The molecule has 31 heavy (non-hydrogen) atoms. The first-order valence-electron chi connectivity index (χ1n) is 10.8. The van der Waals surface area contributed by atoms with E-state index in [1.165, 1.54) is 29.5 Å². The van der Waals surface area contributed by atoms with Crippen molar-refractivity contribution in [2.75, 3.05) is 5.32 Å². The lowest BCUT2D eigenvalue weighted by Gasteiger charge is -2.12. The molecule has 0 aliphatic heterocycles. The number of hydrogen-bond donors (Lipinski definition) is 1. The number of thiazole rings is 1. The smallest absolute Gasteiger partial charge is 0.239 e. The van der Waals surface area contributed by atoms with Crippen LogP contribution in [-0.4, -0.2) is 35.9 Å². The van der Waals surface area contributed by atoms with Gasteiger partial charge in [0.15, 0.2) is 10.8 Å². The van der Waals surface area contributed by atoms with Gasteiger partial charge in [0.25, 0.3) is 0 Å². The highest BCUT2D eigenvalue weighted by molar-refractivity contribution is 8.00. The summed E-state index contributed by atoms with van der Waals surface area (Å²) >= 11 is 2.97. The summed E-state index contributed by atoms with van der Waals surface area (Å²) in [6.07, 6.45) is 5.13. The van der Waals surface area contributed by atoms with Crippen LogP contribution in [0.15, 0.2) is 29.4 Å². The lowest BCUT2D eigenvalue weighted by molar-refractivity contribution is -0.115. The molecule has 1 aliphatic rings. The predicted molar refractivity (Wildman–Crippen MR) is 126 cm³/mol. The summed E-state index contributed by atoms with van der Waals surface area (Å²) in [5, 5.41) is 13.8. The number of nitrogens with zero attached hydrogens (tertiary/aromatic N) is 5. The van der Waals surface area contributed by atoms with Crippen molar-refractivity contribution in [3.05, 3.63) is 34.8 Å². The minimum atomic E-state index is -0.306. The standard InChI is InChI=1S/C22H24N6OS2/c1-3-16(20(29)25-21-23-14-10-6-8-12-17(14)31-21)30-22-24-19-18(26-27-22)13-9-5-7-11-15(13)28(19)4-2/h5,7,9,11,16H,3-4,6,8,10,12H2,1-2H3,(H,23,25,29)/t16-/m1/s1. The minimum absolute atomic E-state index is 0.0571. The van der Waals surface area contributed by atoms with Crippen LogP contribution in [-0.2, 0) is 24.2 Å². The van der Waals surface area contributed by atoms with E-state index in [4.69, 9.17) is 4.98 Å². The molecule has 1 atom stereocenters. The molecule has 0 spiro atoms. The first-order chi connectivity index (χ1) is 15.2. The Bertz CT molecular complexity index is 1240. The lowest BCUT2D eigenvalue weighted by atomic mass is 10.0. The number of hydrogen-bond acceptors (Lipinski definition) is 7. The number of fused-ring (bicyclic) bond motifs is 4. The van der Waals surface area contributed by atoms with Gasteiger partial charge in [-0.15, -0.1) is 21.5 Å². The van der Waals surface area contributed by atoms with Gasteiger partial charge in [0.1, 0.15) is 5.52 Å². The van der Waals surface area contributed by atoms with E-state index in [-0.39, 0.29) is 11.2 Å². The molecule has 7 nitrogen and oxygen atoms in total. The first-order valence-corrected chi connectivity index (χ1v) is 12.4. The topological polar surface area (TPSA) is 85.6 Å². The molecule has 3 heterocycles. The van der Waals surface area contributed by atoms with E-state index in [0.29, 0.717) is 16.7 Å². The molecule has 0 bridgehead atoms. The molecule has 3 aromatic heterocycles. The quantitative estimate of drug-likeness (QED) is 0.421. The van der Waals surface area contributed by atoms with Crippen molar-refractivity contribution < 1.29 is 4.79 Å². The number of aromatic nitrogens is 5. The second kappa shape index (κ2) is 8.55. The SMILES string of the molecule is CC[C@@H](Sc1nnc2c3ccccc3n(CC)c2n1)C(=O)Nc1nc2c(s1)CCCC2. The Morgan fingerprint density at radius 1 is 1.19 bits per heavy atom. The molecular formula is C22H24N6OS2. The largest absolute Gasteiger partial charge is 0.324 e. The summed E-state index contributed by atoms with van der Waals surface area (Å²) in [5.74, 6) is -0.0571. The van der Waals surface area contributed by atoms with Gasteiger partial charge in [0.05, 0.1) is 16.5 Å². The maximum absolute atomic E-state index is 12.9. The normalized spacial score (nSPS) is 14.6. The summed E-state index contributed by atoms with van der Waals surface area (Å²) < 4.78 is 2.14. The van der Waals surface area contributed by atoms with Crippen LogP contribution in [0.25, 0.3) is 22.1 Å². The molecule has 1 N–H and O–H groups in total. The average Bonchev–Trinajstić information content (AvgIpc) is 3.34. The van der Waals surface area contributed by atoms with E-state index in [2.05, 4.69) is 38.1 Å². The number of amides is 1. The van der Waals surface area contributed by atoms with E-state index < -0.39 is 0 Å². The van der Waals surface area contributed by atoms with Crippen LogP contribution in [0.1, 0.15) is 43.7 Å². The van der Waals surface area contributed by atoms with E-state index in [0.717, 1.165) is 47.1 Å². The Morgan fingerprint density at radius 2 is 2.03 bits per heavy atom. The van der Waals surface area contributed by atoms with Crippen molar-refractivity contribution in [2.24, 2.45) is 0 Å². The maximum Gasteiger partial charge on any atom is 0.239 e. The number of carbonyl (C=O) groups excluding carboxylic acids is 1. The molecule has 0 unspecified atom stereocenters. The number of carbonyl (C=O) groups is 1. The number of nitrogens with one attached hydrogen (secondary N) is 1. The lowest BCUT2D eigenvalue weighted by Crippen LogP contribution is -2.24. The second-order valence-corrected chi connectivity index (χ2v) is 9.88. The molecule has 160 valence electrons. The van der Waals surface area contributed by atoms with Gasteiger partial charge in [-0.1, -0.05) is 36.9 Å². The van der Waals surface area contributed by atoms with Gasteiger partial charge in [-0.3, -0.25) is 4.79 Å². The fraction of sp³-hybridized carbons (Fsp3) is 0.409. The third-order valence-corrected chi connectivity index (χ3v) is 7.95. The molecule has 0 fully saturated rings. The number of thioether (sulfide) groups is 1. The van der Waals surface area contributed by atoms with Gasteiger partial charge in [-0.2, -0.15) is 0 Å². The number of para-hydroxylation sites is 1. The molecule has 1 aromatic carbocycles. The molecule has 4 aromatic rings. The first kappa shape index (κ1) is 20.4. The van der Waals surface area contributed by atoms with Crippen LogP contribution >= 0.6 is 23.1 Å². The number of benzene rings is 1. The Morgan fingerprint density at radius 3 is 2.84 bits per heavy atom. The van der Waals surface area contributed by atoms with Gasteiger partial charge in [-0.05, 0) is 45.1 Å². The highest BCUT2D eigenvalue weighted by atomic mass is 32.2. The van der Waals surface area contributed by atoms with Gasteiger partial charge < -0.3 is 9.88 Å². The second-order valence-electron chi connectivity index (χ2n) is 7.63. The molecule has 5 rings (SSSR count). The van der Waals surface area contributed by atoms with Crippen LogP contribution in [0, 0.1) is 0 Å². The fourth-order valence-electron chi connectivity index (χ4n) is 4.10. The van der Waals surface area contributed by atoms with Crippen molar-refractivity contribution in [1.82, 2.24) is 24.7 Å². The zero-order chi connectivity index (χ0) is 21.4. The van der Waals surface area contributed by atoms with Crippen molar-refractivity contribution >= 4 is 56.2 Å². The van der Waals surface area contributed by atoms with Gasteiger partial charge in [0, 0.05) is 16.8 Å². The molecule has 0 radical (unpaired) electrons. The zero-order valence-electron chi connectivity index (χ0n) is 17.6. The van der Waals surface area contributed by atoms with Gasteiger partial charge >= 0.3 is 0 Å². The minimum Gasteiger partial charge on any atom is -0.324 e. The molecular weight excluding hydrogens is 428 g/mol. The third-order valence-electron chi connectivity index (χ3n) is 5.66. The summed E-state index contributed by atoms with van der Waals surface area (Å²) in [6.45, 7) is 4.88. The van der Waals surface area contributed by atoms with E-state index in [1.807, 2.05) is 25.1 Å². The summed E-state index contributed by atoms with van der Waals surface area (Å²) in [4.78, 5) is 23.7. The van der Waals surface area contributed by atoms with E-state index in [1.54, 1.807) is 11.3 Å². The molecule has 9 heteroatoms. The van der Waals surface area contributed by atoms with Gasteiger partial charge in [-0.25, -0.2) is 9.97 Å². The summed E-state index contributed by atoms with van der Waals surface area (Å²) in [6, 6.07) is 8.14. The summed E-state index contributed by atoms with van der Waals surface area (Å²) in [5.41, 5.74) is 3.86. The van der Waals surface area contributed by atoms with Crippen LogP contribution in [0.3, 0.4) is 0 Å².